The third kappa shape index (κ3) is 9.10. The maximum absolute atomic E-state index is 14.5. The van der Waals surface area contributed by atoms with Gasteiger partial charge in [-0.05, 0) is 74.4 Å². The van der Waals surface area contributed by atoms with Gasteiger partial charge in [-0.3, -0.25) is 13.9 Å². The van der Waals surface area contributed by atoms with E-state index >= 15 is 0 Å². The fourth-order valence-electron chi connectivity index (χ4n) is 4.73. The average molecular weight is 732 g/mol. The molecule has 236 valence electrons. The molecule has 0 saturated heterocycles. The summed E-state index contributed by atoms with van der Waals surface area (Å²) in [5.74, 6) is -0.915. The van der Waals surface area contributed by atoms with Crippen molar-refractivity contribution in [1.29, 1.82) is 0 Å². The highest BCUT2D eigenvalue weighted by atomic mass is 79.9. The number of halogens is 3. The number of nitrogens with zero attached hydrogens (tertiary/aromatic N) is 2. The molecule has 4 aromatic rings. The third-order valence-corrected chi connectivity index (χ3v) is 10.1. The Kier molecular flexibility index (Phi) is 11.7. The summed E-state index contributed by atoms with van der Waals surface area (Å²) < 4.78 is 30.1. The molecule has 0 saturated carbocycles. The monoisotopic (exact) mass is 729 g/mol. The van der Waals surface area contributed by atoms with Gasteiger partial charge in [0.15, 0.2) is 0 Å². The number of amides is 2. The molecule has 1 atom stereocenters. The number of carbonyl (C=O) groups excluding carboxylic acids is 2. The predicted molar refractivity (Wildman–Crippen MR) is 184 cm³/mol. The van der Waals surface area contributed by atoms with E-state index in [1.807, 2.05) is 75.4 Å². The number of carbonyl (C=O) groups is 2. The van der Waals surface area contributed by atoms with E-state index in [2.05, 4.69) is 21.2 Å². The molecule has 7 nitrogen and oxygen atoms in total. The predicted octanol–water partition coefficient (Wildman–Crippen LogP) is 7.42. The van der Waals surface area contributed by atoms with Gasteiger partial charge in [0, 0.05) is 23.5 Å². The van der Waals surface area contributed by atoms with Crippen LogP contribution in [0.5, 0.6) is 0 Å². The number of hydrogen-bond donors (Lipinski definition) is 1. The van der Waals surface area contributed by atoms with E-state index < -0.39 is 28.5 Å². The fourth-order valence-corrected chi connectivity index (χ4v) is 6.69. The normalized spacial score (nSPS) is 12.1. The van der Waals surface area contributed by atoms with E-state index in [0.29, 0.717) is 0 Å². The van der Waals surface area contributed by atoms with E-state index in [1.54, 1.807) is 12.1 Å². The zero-order chi connectivity index (χ0) is 32.7. The average Bonchev–Trinajstić information content (AvgIpc) is 3.00. The van der Waals surface area contributed by atoms with E-state index in [0.717, 1.165) is 25.5 Å². The SMILES string of the molecule is Cc1ccc(S(=O)(=O)N(CC(=O)N(Cc2ccc(Br)cc2)[C@@H](Cc2ccccc2)C(=O)NC(C)C)c2ccc(Cl)c(Cl)c2)cc1. The zero-order valence-electron chi connectivity index (χ0n) is 25.1. The van der Waals surface area contributed by atoms with Crippen LogP contribution in [0.25, 0.3) is 0 Å². The summed E-state index contributed by atoms with van der Waals surface area (Å²) in [6, 6.07) is 26.4. The van der Waals surface area contributed by atoms with Crippen molar-refractivity contribution in [3.8, 4) is 0 Å². The first-order valence-electron chi connectivity index (χ1n) is 14.3. The van der Waals surface area contributed by atoms with E-state index in [1.165, 1.54) is 35.2 Å². The van der Waals surface area contributed by atoms with Crippen molar-refractivity contribution < 1.29 is 18.0 Å². The Labute approximate surface area is 283 Å². The van der Waals surface area contributed by atoms with Crippen LogP contribution in [-0.2, 0) is 32.6 Å². The van der Waals surface area contributed by atoms with Crippen LogP contribution in [-0.4, -0.2) is 43.8 Å². The van der Waals surface area contributed by atoms with Crippen molar-refractivity contribution in [3.05, 3.63) is 128 Å². The van der Waals surface area contributed by atoms with Crippen LogP contribution in [0.2, 0.25) is 10.0 Å². The van der Waals surface area contributed by atoms with Gasteiger partial charge in [0.1, 0.15) is 12.6 Å². The summed E-state index contributed by atoms with van der Waals surface area (Å²) in [6.07, 6.45) is 0.221. The minimum atomic E-state index is -4.25. The van der Waals surface area contributed by atoms with Gasteiger partial charge < -0.3 is 10.2 Å². The Balaban J connectivity index is 1.82. The lowest BCUT2D eigenvalue weighted by atomic mass is 10.0. The molecular weight excluding hydrogens is 697 g/mol. The van der Waals surface area contributed by atoms with Gasteiger partial charge in [-0.2, -0.15) is 0 Å². The molecule has 45 heavy (non-hydrogen) atoms. The molecule has 0 unspecified atom stereocenters. The number of rotatable bonds is 12. The molecule has 4 rings (SSSR count). The van der Waals surface area contributed by atoms with Crippen molar-refractivity contribution in [1.82, 2.24) is 10.2 Å². The van der Waals surface area contributed by atoms with Crippen LogP contribution in [0.15, 0.2) is 106 Å². The molecule has 0 aliphatic carbocycles. The molecule has 0 heterocycles. The number of nitrogens with one attached hydrogen (secondary N) is 1. The maximum Gasteiger partial charge on any atom is 0.264 e. The highest BCUT2D eigenvalue weighted by Crippen LogP contribution is 2.31. The van der Waals surface area contributed by atoms with Crippen molar-refractivity contribution in [2.24, 2.45) is 0 Å². The first-order chi connectivity index (χ1) is 21.3. The highest BCUT2D eigenvalue weighted by Gasteiger charge is 2.35. The zero-order valence-corrected chi connectivity index (χ0v) is 29.0. The summed E-state index contributed by atoms with van der Waals surface area (Å²) in [5.41, 5.74) is 2.66. The van der Waals surface area contributed by atoms with E-state index in [4.69, 9.17) is 23.2 Å². The Hall–Kier alpha value is -3.37. The smallest absolute Gasteiger partial charge is 0.264 e. The molecule has 0 aliphatic rings. The highest BCUT2D eigenvalue weighted by molar-refractivity contribution is 9.10. The largest absolute Gasteiger partial charge is 0.352 e. The minimum Gasteiger partial charge on any atom is -0.352 e. The molecule has 0 bridgehead atoms. The molecule has 11 heteroatoms. The van der Waals surface area contributed by atoms with Gasteiger partial charge in [0.2, 0.25) is 11.8 Å². The molecular formula is C34H34BrCl2N3O4S. The van der Waals surface area contributed by atoms with Crippen LogP contribution >= 0.6 is 39.1 Å². The Morgan fingerprint density at radius 3 is 2.09 bits per heavy atom. The lowest BCUT2D eigenvalue weighted by Crippen LogP contribution is -2.54. The molecule has 1 N–H and O–H groups in total. The summed E-state index contributed by atoms with van der Waals surface area (Å²) >= 11 is 15.9. The van der Waals surface area contributed by atoms with Crippen LogP contribution in [0.4, 0.5) is 5.69 Å². The summed E-state index contributed by atoms with van der Waals surface area (Å²) in [4.78, 5) is 29.7. The Morgan fingerprint density at radius 2 is 1.49 bits per heavy atom. The standard InChI is InChI=1S/C34H34BrCl2N3O4S/c1-23(2)38-34(42)32(19-25-7-5-4-6-8-25)39(21-26-11-13-27(35)14-12-26)33(41)22-40(28-15-18-30(36)31(37)20-28)45(43,44)29-16-9-24(3)10-17-29/h4-18,20,23,32H,19,21-22H2,1-3H3,(H,38,42)/t32-/m0/s1. The summed E-state index contributed by atoms with van der Waals surface area (Å²) in [6.45, 7) is 5.02. The molecule has 0 spiro atoms. The number of benzene rings is 4. The third-order valence-electron chi connectivity index (χ3n) is 7.05. The Bertz CT molecular complexity index is 1740. The minimum absolute atomic E-state index is 0.00446. The van der Waals surface area contributed by atoms with Crippen molar-refractivity contribution in [3.63, 3.8) is 0 Å². The second-order valence-electron chi connectivity index (χ2n) is 10.9. The Morgan fingerprint density at radius 1 is 0.844 bits per heavy atom. The van der Waals surface area contributed by atoms with Crippen LogP contribution in [0, 0.1) is 6.92 Å². The van der Waals surface area contributed by atoms with Crippen LogP contribution < -0.4 is 9.62 Å². The quantitative estimate of drug-likeness (QED) is 0.164. The summed E-state index contributed by atoms with van der Waals surface area (Å²) in [7, 11) is -4.25. The van der Waals surface area contributed by atoms with Gasteiger partial charge in [0.25, 0.3) is 10.0 Å². The van der Waals surface area contributed by atoms with Crippen molar-refractivity contribution >= 4 is 66.7 Å². The van der Waals surface area contributed by atoms with Crippen LogP contribution in [0.3, 0.4) is 0 Å². The topological polar surface area (TPSA) is 86.8 Å². The molecule has 0 aromatic heterocycles. The lowest BCUT2D eigenvalue weighted by Gasteiger charge is -2.34. The molecule has 0 fully saturated rings. The van der Waals surface area contributed by atoms with Crippen molar-refractivity contribution in [2.45, 2.75) is 50.7 Å². The van der Waals surface area contributed by atoms with Gasteiger partial charge in [0.05, 0.1) is 20.6 Å². The number of hydrogen-bond acceptors (Lipinski definition) is 4. The number of anilines is 1. The molecule has 2 amide bonds. The number of sulfonamides is 1. The second-order valence-corrected chi connectivity index (χ2v) is 14.5. The fraction of sp³-hybridized carbons (Fsp3) is 0.235. The molecule has 4 aromatic carbocycles. The van der Waals surface area contributed by atoms with Gasteiger partial charge in [-0.1, -0.05) is 99.3 Å². The molecule has 0 aliphatic heterocycles. The first-order valence-corrected chi connectivity index (χ1v) is 17.3. The van der Waals surface area contributed by atoms with Gasteiger partial charge in [-0.15, -0.1) is 0 Å². The lowest BCUT2D eigenvalue weighted by molar-refractivity contribution is -0.140. The second kappa shape index (κ2) is 15.3. The number of aryl methyl sites for hydroxylation is 1. The molecule has 0 radical (unpaired) electrons. The van der Waals surface area contributed by atoms with Crippen molar-refractivity contribution in [2.75, 3.05) is 10.8 Å². The first kappa shape index (κ1) is 34.5. The summed E-state index contributed by atoms with van der Waals surface area (Å²) in [5, 5.41) is 3.32. The van der Waals surface area contributed by atoms with E-state index in [9.17, 15) is 18.0 Å². The van der Waals surface area contributed by atoms with Gasteiger partial charge in [-0.25, -0.2) is 8.42 Å². The van der Waals surface area contributed by atoms with Crippen LogP contribution in [0.1, 0.15) is 30.5 Å². The van der Waals surface area contributed by atoms with E-state index in [-0.39, 0.29) is 45.5 Å². The van der Waals surface area contributed by atoms with Gasteiger partial charge >= 0.3 is 0 Å². The maximum atomic E-state index is 14.5.